The van der Waals surface area contributed by atoms with Gasteiger partial charge in [-0.05, 0) is 43.3 Å². The van der Waals surface area contributed by atoms with Gasteiger partial charge in [0.25, 0.3) is 5.91 Å². The van der Waals surface area contributed by atoms with Crippen LogP contribution in [-0.4, -0.2) is 28.8 Å². The van der Waals surface area contributed by atoms with Crippen LogP contribution in [0.25, 0.3) is 0 Å². The standard InChI is InChI=1S/C24H19ClFN3O2/c1-15-6-8-16(9-7-15)22-21(27-23(30)17-10-12-19(26)13-11-17)24(31)28-29(22)14-18-4-2-3-5-20(18)25/h2-14,21-22H,1H3,(H-,27,28,30,31)/p+1/b29-14-/t21-,22-/m0/s1. The molecule has 0 radical (unpaired) electrons. The molecule has 0 bridgehead atoms. The van der Waals surface area contributed by atoms with Gasteiger partial charge in [-0.2, -0.15) is 0 Å². The number of carbonyl (C=O) groups excluding carboxylic acids is 2. The summed E-state index contributed by atoms with van der Waals surface area (Å²) in [7, 11) is 0. The number of halogens is 2. The molecule has 1 aliphatic rings. The monoisotopic (exact) mass is 436 g/mol. The first-order valence-electron chi connectivity index (χ1n) is 9.73. The van der Waals surface area contributed by atoms with E-state index in [2.05, 4.69) is 10.7 Å². The van der Waals surface area contributed by atoms with Gasteiger partial charge < -0.3 is 5.32 Å². The summed E-state index contributed by atoms with van der Waals surface area (Å²) >= 11 is 6.30. The average Bonchev–Trinajstić information content (AvgIpc) is 3.05. The number of nitrogens with one attached hydrogen (secondary N) is 2. The fourth-order valence-corrected chi connectivity index (χ4v) is 3.68. The van der Waals surface area contributed by atoms with Crippen molar-refractivity contribution in [2.75, 3.05) is 0 Å². The highest BCUT2D eigenvalue weighted by Crippen LogP contribution is 2.26. The zero-order valence-corrected chi connectivity index (χ0v) is 17.4. The molecule has 2 N–H and O–H groups in total. The molecule has 2 atom stereocenters. The van der Waals surface area contributed by atoms with E-state index in [9.17, 15) is 14.0 Å². The average molecular weight is 437 g/mol. The van der Waals surface area contributed by atoms with Gasteiger partial charge in [0.15, 0.2) is 6.04 Å². The zero-order chi connectivity index (χ0) is 22.0. The quantitative estimate of drug-likeness (QED) is 0.611. The lowest BCUT2D eigenvalue weighted by molar-refractivity contribution is -0.596. The summed E-state index contributed by atoms with van der Waals surface area (Å²) < 4.78 is 14.9. The Balaban J connectivity index is 1.71. The highest BCUT2D eigenvalue weighted by molar-refractivity contribution is 6.32. The van der Waals surface area contributed by atoms with Crippen molar-refractivity contribution in [1.29, 1.82) is 0 Å². The Morgan fingerprint density at radius 1 is 1.06 bits per heavy atom. The molecule has 1 saturated heterocycles. The van der Waals surface area contributed by atoms with Crippen molar-refractivity contribution in [3.05, 3.63) is 106 Å². The van der Waals surface area contributed by atoms with Crippen LogP contribution in [0.3, 0.4) is 0 Å². The fraction of sp³-hybridized carbons (Fsp3) is 0.125. The molecule has 3 aromatic rings. The number of carbonyl (C=O) groups is 2. The molecule has 1 heterocycles. The van der Waals surface area contributed by atoms with E-state index in [4.69, 9.17) is 11.6 Å². The second-order valence-electron chi connectivity index (χ2n) is 7.35. The van der Waals surface area contributed by atoms with Crippen molar-refractivity contribution in [2.45, 2.75) is 19.0 Å². The fourth-order valence-electron chi connectivity index (χ4n) is 3.50. The lowest BCUT2D eigenvalue weighted by Crippen LogP contribution is -2.42. The molecule has 0 aromatic heterocycles. The van der Waals surface area contributed by atoms with Crippen molar-refractivity contribution in [2.24, 2.45) is 0 Å². The lowest BCUT2D eigenvalue weighted by atomic mass is 9.98. The Kier molecular flexibility index (Phi) is 5.82. The first-order chi connectivity index (χ1) is 14.9. The van der Waals surface area contributed by atoms with Crippen LogP contribution < -0.4 is 10.7 Å². The molecule has 2 amide bonds. The van der Waals surface area contributed by atoms with Crippen LogP contribution >= 0.6 is 11.6 Å². The predicted octanol–water partition coefficient (Wildman–Crippen LogP) is 3.80. The second kappa shape index (κ2) is 8.70. The van der Waals surface area contributed by atoms with E-state index in [1.807, 2.05) is 49.4 Å². The highest BCUT2D eigenvalue weighted by Gasteiger charge is 2.47. The molecule has 1 aliphatic heterocycles. The van der Waals surface area contributed by atoms with Gasteiger partial charge in [-0.3, -0.25) is 9.59 Å². The molecule has 0 saturated carbocycles. The van der Waals surface area contributed by atoms with E-state index in [-0.39, 0.29) is 11.5 Å². The number of hydrogen-bond donors (Lipinski definition) is 2. The van der Waals surface area contributed by atoms with Crippen LogP contribution in [0.1, 0.15) is 33.1 Å². The molecule has 5 nitrogen and oxygen atoms in total. The summed E-state index contributed by atoms with van der Waals surface area (Å²) in [5.74, 6) is -1.26. The number of hydrazone groups is 1. The molecule has 7 heteroatoms. The molecule has 0 unspecified atom stereocenters. The van der Waals surface area contributed by atoms with E-state index in [0.29, 0.717) is 5.02 Å². The summed E-state index contributed by atoms with van der Waals surface area (Å²) in [6.07, 6.45) is 1.74. The van der Waals surface area contributed by atoms with Crippen LogP contribution in [0, 0.1) is 12.7 Å². The van der Waals surface area contributed by atoms with E-state index in [1.54, 1.807) is 17.0 Å². The Labute approximate surface area is 184 Å². The molecule has 4 rings (SSSR count). The molecule has 156 valence electrons. The maximum absolute atomic E-state index is 13.2. The number of nitrogens with zero attached hydrogens (tertiary/aromatic N) is 1. The normalized spacial score (nSPS) is 19.3. The smallest absolute Gasteiger partial charge is 0.304 e. The SMILES string of the molecule is Cc1ccc([C@H]2[C@H](NC(=O)c3ccc(F)cc3)C(=O)N/[N+]2=C\c2ccccc2Cl)cc1. The van der Waals surface area contributed by atoms with E-state index in [1.165, 1.54) is 24.3 Å². The van der Waals surface area contributed by atoms with Gasteiger partial charge in [-0.15, -0.1) is 10.1 Å². The number of amides is 2. The maximum Gasteiger partial charge on any atom is 0.304 e. The Bertz CT molecular complexity index is 1160. The van der Waals surface area contributed by atoms with Crippen LogP contribution in [0.4, 0.5) is 4.39 Å². The van der Waals surface area contributed by atoms with E-state index in [0.717, 1.165) is 16.7 Å². The van der Waals surface area contributed by atoms with E-state index >= 15 is 0 Å². The first kappa shape index (κ1) is 20.8. The van der Waals surface area contributed by atoms with Gasteiger partial charge in [0.05, 0.1) is 10.6 Å². The Hall–Kier alpha value is -3.51. The van der Waals surface area contributed by atoms with Crippen molar-refractivity contribution in [1.82, 2.24) is 10.7 Å². The van der Waals surface area contributed by atoms with Gasteiger partial charge in [0.1, 0.15) is 5.82 Å². The molecule has 0 aliphatic carbocycles. The molecular weight excluding hydrogens is 417 g/mol. The Morgan fingerprint density at radius 3 is 2.42 bits per heavy atom. The minimum atomic E-state index is -0.862. The number of benzene rings is 3. The van der Waals surface area contributed by atoms with Gasteiger partial charge in [-0.1, -0.05) is 53.6 Å². The molecule has 31 heavy (non-hydrogen) atoms. The van der Waals surface area contributed by atoms with Crippen molar-refractivity contribution >= 4 is 29.6 Å². The predicted molar refractivity (Wildman–Crippen MR) is 117 cm³/mol. The van der Waals surface area contributed by atoms with Gasteiger partial charge in [0, 0.05) is 11.1 Å². The van der Waals surface area contributed by atoms with Crippen LogP contribution in [0.5, 0.6) is 0 Å². The van der Waals surface area contributed by atoms with Crippen LogP contribution in [0.15, 0.2) is 72.8 Å². The number of hydrazine groups is 1. The molecule has 1 fully saturated rings. The number of rotatable bonds is 4. The molecule has 3 aromatic carbocycles. The zero-order valence-electron chi connectivity index (χ0n) is 16.7. The van der Waals surface area contributed by atoms with Gasteiger partial charge in [0.2, 0.25) is 12.3 Å². The second-order valence-corrected chi connectivity index (χ2v) is 7.75. The third-order valence-electron chi connectivity index (χ3n) is 5.13. The Morgan fingerprint density at radius 2 is 1.74 bits per heavy atom. The number of hydrogen-bond acceptors (Lipinski definition) is 2. The van der Waals surface area contributed by atoms with Gasteiger partial charge >= 0.3 is 5.91 Å². The van der Waals surface area contributed by atoms with Gasteiger partial charge in [-0.25, -0.2) is 4.39 Å². The highest BCUT2D eigenvalue weighted by atomic mass is 35.5. The summed E-state index contributed by atoms with van der Waals surface area (Å²) in [6, 6.07) is 18.8. The minimum absolute atomic E-state index is 0.269. The van der Waals surface area contributed by atoms with Crippen molar-refractivity contribution in [3.8, 4) is 0 Å². The topological polar surface area (TPSA) is 61.2 Å². The van der Waals surface area contributed by atoms with E-state index < -0.39 is 23.8 Å². The summed E-state index contributed by atoms with van der Waals surface area (Å²) in [5, 5.41) is 3.33. The molecule has 0 spiro atoms. The summed E-state index contributed by atoms with van der Waals surface area (Å²) in [6.45, 7) is 1.98. The molecular formula is C24H20ClFN3O2+. The summed E-state index contributed by atoms with van der Waals surface area (Å²) in [5.41, 5.74) is 5.73. The summed E-state index contributed by atoms with van der Waals surface area (Å²) in [4.78, 5) is 25.6. The first-order valence-corrected chi connectivity index (χ1v) is 10.1. The van der Waals surface area contributed by atoms with Crippen molar-refractivity contribution in [3.63, 3.8) is 0 Å². The third kappa shape index (κ3) is 4.49. The van der Waals surface area contributed by atoms with Crippen molar-refractivity contribution < 1.29 is 18.7 Å². The largest absolute Gasteiger partial charge is 0.334 e. The lowest BCUT2D eigenvalue weighted by Gasteiger charge is -2.15. The maximum atomic E-state index is 13.2. The number of aryl methyl sites for hydroxylation is 1. The van der Waals surface area contributed by atoms with Crippen LogP contribution in [-0.2, 0) is 4.79 Å². The minimum Gasteiger partial charge on any atom is -0.334 e. The van der Waals surface area contributed by atoms with Crippen LogP contribution in [0.2, 0.25) is 5.02 Å². The third-order valence-corrected chi connectivity index (χ3v) is 5.48.